The third-order valence-electron chi connectivity index (χ3n) is 3.44. The Morgan fingerprint density at radius 1 is 1.41 bits per heavy atom. The summed E-state index contributed by atoms with van der Waals surface area (Å²) < 4.78 is 31.1. The molecule has 0 saturated carbocycles. The number of anilines is 1. The fourth-order valence-electron chi connectivity index (χ4n) is 1.99. The van der Waals surface area contributed by atoms with E-state index in [0.717, 1.165) is 11.3 Å². The number of rotatable bonds is 1. The third kappa shape index (κ3) is 2.78. The molecule has 2 N–H and O–H groups in total. The second-order valence-corrected chi connectivity index (χ2v) is 6.19. The smallest absolute Gasteiger partial charge is 1.00 e. The average molecular weight is 281 g/mol. The zero-order valence-electron chi connectivity index (χ0n) is 11.5. The van der Waals surface area contributed by atoms with Crippen molar-refractivity contribution in [3.05, 3.63) is 23.8 Å². The zero-order chi connectivity index (χ0) is 12.1. The van der Waals surface area contributed by atoms with Gasteiger partial charge in [0.2, 0.25) is 0 Å². The van der Waals surface area contributed by atoms with Gasteiger partial charge in [-0.1, -0.05) is 13.8 Å². The van der Waals surface area contributed by atoms with Crippen molar-refractivity contribution in [2.75, 3.05) is 5.32 Å². The standard InChI is InChI=1S/C11H15NO3S.K.H/c1-7-11(2,3)9-6-8(16(13,14)15)4-5-10(9)12-7;;/h4-7,12H,1-3H3,(H,13,14,15);;/q;+1;-1. The summed E-state index contributed by atoms with van der Waals surface area (Å²) in [5.41, 5.74) is 1.72. The Morgan fingerprint density at radius 3 is 2.53 bits per heavy atom. The third-order valence-corrected chi connectivity index (χ3v) is 4.29. The van der Waals surface area contributed by atoms with Gasteiger partial charge in [0.25, 0.3) is 10.1 Å². The van der Waals surface area contributed by atoms with Crippen LogP contribution in [0.2, 0.25) is 0 Å². The predicted octanol–water partition coefficient (Wildman–Crippen LogP) is -0.859. The van der Waals surface area contributed by atoms with Gasteiger partial charge in [-0.3, -0.25) is 4.55 Å². The molecule has 2 rings (SSSR count). The Kier molecular flexibility index (Phi) is 4.52. The number of nitrogens with one attached hydrogen (secondary N) is 1. The Bertz CT molecular complexity index is 545. The summed E-state index contributed by atoms with van der Waals surface area (Å²) in [6.07, 6.45) is 0. The fraction of sp³-hybridized carbons (Fsp3) is 0.455. The van der Waals surface area contributed by atoms with Crippen molar-refractivity contribution in [2.24, 2.45) is 0 Å². The van der Waals surface area contributed by atoms with E-state index in [4.69, 9.17) is 4.55 Å². The van der Waals surface area contributed by atoms with E-state index in [9.17, 15) is 8.42 Å². The Morgan fingerprint density at radius 2 is 2.00 bits per heavy atom. The van der Waals surface area contributed by atoms with E-state index in [1.807, 2.05) is 20.8 Å². The predicted molar refractivity (Wildman–Crippen MR) is 63.5 cm³/mol. The molecule has 4 nitrogen and oxygen atoms in total. The molecule has 0 amide bonds. The van der Waals surface area contributed by atoms with Crippen molar-refractivity contribution in [3.8, 4) is 0 Å². The molecule has 0 spiro atoms. The summed E-state index contributed by atoms with van der Waals surface area (Å²) >= 11 is 0. The van der Waals surface area contributed by atoms with Gasteiger partial charge in [0.15, 0.2) is 0 Å². The molecule has 6 heteroatoms. The maximum Gasteiger partial charge on any atom is 1.00 e. The molecule has 1 aliphatic heterocycles. The summed E-state index contributed by atoms with van der Waals surface area (Å²) in [6.45, 7) is 6.14. The van der Waals surface area contributed by atoms with Crippen LogP contribution in [0.1, 0.15) is 27.8 Å². The van der Waals surface area contributed by atoms with E-state index < -0.39 is 10.1 Å². The molecule has 0 aromatic heterocycles. The molecule has 1 aliphatic rings. The molecule has 0 fully saturated rings. The van der Waals surface area contributed by atoms with E-state index in [1.54, 1.807) is 12.1 Å². The molecular formula is C11H16KNO3S. The topological polar surface area (TPSA) is 66.4 Å². The van der Waals surface area contributed by atoms with Crippen LogP contribution in [0.3, 0.4) is 0 Å². The van der Waals surface area contributed by atoms with E-state index in [1.165, 1.54) is 6.07 Å². The Labute approximate surface area is 146 Å². The second-order valence-electron chi connectivity index (χ2n) is 4.77. The molecule has 17 heavy (non-hydrogen) atoms. The maximum atomic E-state index is 11.1. The quantitative estimate of drug-likeness (QED) is 0.519. The molecule has 1 unspecified atom stereocenters. The monoisotopic (exact) mass is 281 g/mol. The van der Waals surface area contributed by atoms with Crippen molar-refractivity contribution in [2.45, 2.75) is 37.1 Å². The normalized spacial score (nSPS) is 21.3. The molecule has 0 radical (unpaired) electrons. The molecule has 90 valence electrons. The van der Waals surface area contributed by atoms with E-state index in [2.05, 4.69) is 5.32 Å². The van der Waals surface area contributed by atoms with Crippen LogP contribution in [0.5, 0.6) is 0 Å². The van der Waals surface area contributed by atoms with Crippen LogP contribution in [0, 0.1) is 0 Å². The average Bonchev–Trinajstić information content (AvgIpc) is 2.37. The van der Waals surface area contributed by atoms with Crippen molar-refractivity contribution < 1.29 is 65.8 Å². The largest absolute Gasteiger partial charge is 1.00 e. The van der Waals surface area contributed by atoms with E-state index in [-0.39, 0.29) is 69.2 Å². The Hall–Kier alpha value is 0.566. The summed E-state index contributed by atoms with van der Waals surface area (Å²) in [7, 11) is -4.12. The van der Waals surface area contributed by atoms with Crippen LogP contribution in [0.4, 0.5) is 5.69 Å². The van der Waals surface area contributed by atoms with Gasteiger partial charge in [-0.15, -0.1) is 0 Å². The summed E-state index contributed by atoms with van der Waals surface area (Å²) in [4.78, 5) is -0.0461. The first kappa shape index (κ1) is 15.6. The number of benzene rings is 1. The minimum Gasteiger partial charge on any atom is -1.00 e. The fourth-order valence-corrected chi connectivity index (χ4v) is 2.50. The van der Waals surface area contributed by atoms with Crippen LogP contribution in [-0.2, 0) is 15.5 Å². The minimum atomic E-state index is -4.12. The number of hydrogen-bond donors (Lipinski definition) is 2. The van der Waals surface area contributed by atoms with Crippen molar-refractivity contribution >= 4 is 15.8 Å². The van der Waals surface area contributed by atoms with Crippen molar-refractivity contribution in [1.82, 2.24) is 0 Å². The summed E-state index contributed by atoms with van der Waals surface area (Å²) in [5.74, 6) is 0. The van der Waals surface area contributed by atoms with Crippen LogP contribution >= 0.6 is 0 Å². The molecule has 1 aromatic carbocycles. The molecular weight excluding hydrogens is 265 g/mol. The van der Waals surface area contributed by atoms with Crippen molar-refractivity contribution in [3.63, 3.8) is 0 Å². The number of fused-ring (bicyclic) bond motifs is 1. The molecule has 0 aliphatic carbocycles. The number of hydrogen-bond acceptors (Lipinski definition) is 3. The van der Waals surface area contributed by atoms with Gasteiger partial charge in [-0.05, 0) is 30.7 Å². The first-order valence-corrected chi connectivity index (χ1v) is 6.55. The molecule has 0 bridgehead atoms. The summed E-state index contributed by atoms with van der Waals surface area (Å²) in [6, 6.07) is 4.89. The van der Waals surface area contributed by atoms with Gasteiger partial charge in [0.05, 0.1) is 4.90 Å². The van der Waals surface area contributed by atoms with Crippen LogP contribution in [0.25, 0.3) is 0 Å². The van der Waals surface area contributed by atoms with Gasteiger partial charge in [-0.2, -0.15) is 8.42 Å². The minimum absolute atomic E-state index is 0. The van der Waals surface area contributed by atoms with Crippen LogP contribution in [-0.4, -0.2) is 19.0 Å². The van der Waals surface area contributed by atoms with Crippen molar-refractivity contribution in [1.29, 1.82) is 0 Å². The van der Waals surface area contributed by atoms with Crippen LogP contribution < -0.4 is 56.7 Å². The maximum absolute atomic E-state index is 11.1. The van der Waals surface area contributed by atoms with Gasteiger partial charge in [0, 0.05) is 17.1 Å². The molecule has 1 heterocycles. The first-order chi connectivity index (χ1) is 7.23. The zero-order valence-corrected chi connectivity index (χ0v) is 14.4. The molecule has 1 atom stereocenters. The second kappa shape index (κ2) is 4.92. The van der Waals surface area contributed by atoms with Crippen LogP contribution in [0.15, 0.2) is 23.1 Å². The van der Waals surface area contributed by atoms with Gasteiger partial charge >= 0.3 is 51.4 Å². The van der Waals surface area contributed by atoms with Gasteiger partial charge in [-0.25, -0.2) is 0 Å². The molecule has 1 aromatic rings. The SMILES string of the molecule is CC1Nc2ccc(S(=O)(=O)O)cc2C1(C)C.[H-].[K+]. The van der Waals surface area contributed by atoms with Gasteiger partial charge < -0.3 is 6.74 Å². The van der Waals surface area contributed by atoms with Gasteiger partial charge in [0.1, 0.15) is 0 Å². The first-order valence-electron chi connectivity index (χ1n) is 5.11. The Balaban J connectivity index is 0.00000144. The molecule has 0 saturated heterocycles. The van der Waals surface area contributed by atoms with E-state index in [0.29, 0.717) is 0 Å². The van der Waals surface area contributed by atoms with E-state index >= 15 is 0 Å². The summed E-state index contributed by atoms with van der Waals surface area (Å²) in [5, 5.41) is 3.29.